The summed E-state index contributed by atoms with van der Waals surface area (Å²) < 4.78 is 1.77. The fourth-order valence-corrected chi connectivity index (χ4v) is 1.45. The molecule has 0 unspecified atom stereocenters. The van der Waals surface area contributed by atoms with Crippen LogP contribution in [0.2, 0.25) is 5.28 Å². The third-order valence-corrected chi connectivity index (χ3v) is 2.21. The van der Waals surface area contributed by atoms with Gasteiger partial charge < -0.3 is 10.3 Å². The fourth-order valence-electron chi connectivity index (χ4n) is 1.27. The summed E-state index contributed by atoms with van der Waals surface area (Å²) in [5.74, 6) is 0. The van der Waals surface area contributed by atoms with Gasteiger partial charge in [-0.2, -0.15) is 0 Å². The summed E-state index contributed by atoms with van der Waals surface area (Å²) in [5.41, 5.74) is 8.18. The highest BCUT2D eigenvalue weighted by Gasteiger charge is 2.06. The number of imidazole rings is 1. The average molecular weight is 182 g/mol. The summed E-state index contributed by atoms with van der Waals surface area (Å²) in [6.45, 7) is 0. The van der Waals surface area contributed by atoms with Crippen LogP contribution in [-0.2, 0) is 7.05 Å². The molecule has 1 aromatic carbocycles. The van der Waals surface area contributed by atoms with E-state index < -0.39 is 0 Å². The van der Waals surface area contributed by atoms with Crippen LogP contribution in [0.4, 0.5) is 5.69 Å². The monoisotopic (exact) mass is 181 g/mol. The lowest BCUT2D eigenvalue weighted by Gasteiger charge is -1.98. The van der Waals surface area contributed by atoms with Crippen LogP contribution in [0.1, 0.15) is 0 Å². The van der Waals surface area contributed by atoms with Crippen LogP contribution in [0.3, 0.4) is 0 Å². The molecule has 0 atom stereocenters. The number of fused-ring (bicyclic) bond motifs is 1. The summed E-state index contributed by atoms with van der Waals surface area (Å²) >= 11 is 5.82. The molecule has 0 aliphatic heterocycles. The Kier molecular flexibility index (Phi) is 1.48. The van der Waals surface area contributed by atoms with Gasteiger partial charge in [0.05, 0.1) is 16.7 Å². The Bertz CT molecular complexity index is 433. The van der Waals surface area contributed by atoms with Crippen LogP contribution in [0.25, 0.3) is 11.0 Å². The van der Waals surface area contributed by atoms with Gasteiger partial charge in [-0.05, 0) is 23.7 Å². The lowest BCUT2D eigenvalue weighted by molar-refractivity contribution is 0.950. The third-order valence-electron chi connectivity index (χ3n) is 1.87. The van der Waals surface area contributed by atoms with Crippen molar-refractivity contribution in [2.45, 2.75) is 0 Å². The van der Waals surface area contributed by atoms with E-state index in [-0.39, 0.29) is 0 Å². The van der Waals surface area contributed by atoms with Crippen molar-refractivity contribution in [1.29, 1.82) is 0 Å². The van der Waals surface area contributed by atoms with Crippen LogP contribution >= 0.6 is 11.6 Å². The van der Waals surface area contributed by atoms with Gasteiger partial charge in [0.2, 0.25) is 5.28 Å². The Morgan fingerprint density at radius 2 is 2.25 bits per heavy atom. The Balaban J connectivity index is 2.97. The maximum absolute atomic E-state index is 5.82. The zero-order chi connectivity index (χ0) is 8.72. The number of nitrogens with two attached hydrogens (primary N) is 1. The van der Waals surface area contributed by atoms with Crippen LogP contribution in [0.5, 0.6) is 0 Å². The number of rotatable bonds is 0. The number of nitrogens with zero attached hydrogens (tertiary/aromatic N) is 2. The molecular formula is C8H8ClN3. The summed E-state index contributed by atoms with van der Waals surface area (Å²) in [6, 6.07) is 5.58. The van der Waals surface area contributed by atoms with Crippen molar-refractivity contribution in [3.05, 3.63) is 23.5 Å². The van der Waals surface area contributed by atoms with Crippen molar-refractivity contribution < 1.29 is 0 Å². The van der Waals surface area contributed by atoms with E-state index in [0.29, 0.717) is 11.0 Å². The highest BCUT2D eigenvalue weighted by atomic mass is 35.5. The predicted molar refractivity (Wildman–Crippen MR) is 50.1 cm³/mol. The number of aryl methyl sites for hydroxylation is 1. The van der Waals surface area contributed by atoms with E-state index in [2.05, 4.69) is 4.98 Å². The molecule has 2 N–H and O–H groups in total. The Hall–Kier alpha value is -1.22. The van der Waals surface area contributed by atoms with Gasteiger partial charge >= 0.3 is 0 Å². The predicted octanol–water partition coefficient (Wildman–Crippen LogP) is 1.81. The zero-order valence-corrected chi connectivity index (χ0v) is 7.34. The molecule has 0 aliphatic carbocycles. The van der Waals surface area contributed by atoms with Crippen molar-refractivity contribution in [2.24, 2.45) is 7.05 Å². The van der Waals surface area contributed by atoms with Crippen LogP contribution in [-0.4, -0.2) is 9.55 Å². The van der Waals surface area contributed by atoms with Crippen molar-refractivity contribution in [2.75, 3.05) is 5.73 Å². The van der Waals surface area contributed by atoms with E-state index in [4.69, 9.17) is 17.3 Å². The quantitative estimate of drug-likeness (QED) is 0.630. The van der Waals surface area contributed by atoms with Gasteiger partial charge in [-0.25, -0.2) is 4.98 Å². The van der Waals surface area contributed by atoms with Crippen molar-refractivity contribution in [3.63, 3.8) is 0 Å². The minimum absolute atomic E-state index is 0.461. The number of para-hydroxylation sites is 1. The van der Waals surface area contributed by atoms with Crippen LogP contribution < -0.4 is 5.73 Å². The first-order valence-electron chi connectivity index (χ1n) is 3.56. The topological polar surface area (TPSA) is 43.8 Å². The van der Waals surface area contributed by atoms with E-state index >= 15 is 0 Å². The SMILES string of the molecule is Cn1c(Cl)nc2cccc(N)c21. The molecule has 2 rings (SSSR count). The molecule has 0 amide bonds. The van der Waals surface area contributed by atoms with Gasteiger partial charge in [0, 0.05) is 7.05 Å². The maximum Gasteiger partial charge on any atom is 0.203 e. The lowest BCUT2D eigenvalue weighted by Crippen LogP contribution is -1.92. The number of benzene rings is 1. The summed E-state index contributed by atoms with van der Waals surface area (Å²) in [5, 5.41) is 0.461. The Labute approximate surface area is 74.8 Å². The fraction of sp³-hybridized carbons (Fsp3) is 0.125. The van der Waals surface area contributed by atoms with E-state index in [1.165, 1.54) is 0 Å². The summed E-state index contributed by atoms with van der Waals surface area (Å²) in [4.78, 5) is 4.12. The molecule has 0 saturated heterocycles. The number of halogens is 1. The smallest absolute Gasteiger partial charge is 0.203 e. The molecular weight excluding hydrogens is 174 g/mol. The standard InChI is InChI=1S/C8H8ClN3/c1-12-7-5(10)3-2-4-6(7)11-8(12)9/h2-4H,10H2,1H3. The number of aromatic nitrogens is 2. The van der Waals surface area contributed by atoms with Crippen LogP contribution in [0.15, 0.2) is 18.2 Å². The van der Waals surface area contributed by atoms with E-state index in [1.54, 1.807) is 4.57 Å². The molecule has 3 nitrogen and oxygen atoms in total. The Morgan fingerprint density at radius 1 is 1.50 bits per heavy atom. The van der Waals surface area contributed by atoms with Gasteiger partial charge in [0.15, 0.2) is 0 Å². The molecule has 0 saturated carbocycles. The first-order chi connectivity index (χ1) is 5.70. The first-order valence-corrected chi connectivity index (χ1v) is 3.94. The second kappa shape index (κ2) is 2.38. The van der Waals surface area contributed by atoms with Crippen molar-refractivity contribution in [3.8, 4) is 0 Å². The highest BCUT2D eigenvalue weighted by molar-refractivity contribution is 6.29. The second-order valence-corrected chi connectivity index (χ2v) is 2.99. The number of hydrogen-bond donors (Lipinski definition) is 1. The molecule has 0 spiro atoms. The highest BCUT2D eigenvalue weighted by Crippen LogP contribution is 2.22. The van der Waals surface area contributed by atoms with Crippen molar-refractivity contribution >= 4 is 28.3 Å². The van der Waals surface area contributed by atoms with Crippen LogP contribution in [0, 0.1) is 0 Å². The molecule has 4 heteroatoms. The van der Waals surface area contributed by atoms with Gasteiger partial charge in [-0.1, -0.05) is 6.07 Å². The first kappa shape index (κ1) is 7.43. The third kappa shape index (κ3) is 0.865. The van der Waals surface area contributed by atoms with Gasteiger partial charge in [0.1, 0.15) is 0 Å². The molecule has 0 bridgehead atoms. The van der Waals surface area contributed by atoms with E-state index in [0.717, 1.165) is 11.0 Å². The normalized spacial score (nSPS) is 10.8. The summed E-state index contributed by atoms with van der Waals surface area (Å²) in [6.07, 6.45) is 0. The molecule has 2 aromatic rings. The second-order valence-electron chi connectivity index (χ2n) is 2.65. The van der Waals surface area contributed by atoms with E-state index in [1.807, 2.05) is 25.2 Å². The van der Waals surface area contributed by atoms with Gasteiger partial charge in [-0.15, -0.1) is 0 Å². The molecule has 0 radical (unpaired) electrons. The molecule has 0 aliphatic rings. The summed E-state index contributed by atoms with van der Waals surface area (Å²) in [7, 11) is 1.84. The molecule has 12 heavy (non-hydrogen) atoms. The van der Waals surface area contributed by atoms with Gasteiger partial charge in [0.25, 0.3) is 0 Å². The van der Waals surface area contributed by atoms with E-state index in [9.17, 15) is 0 Å². The average Bonchev–Trinajstić information content (AvgIpc) is 2.29. The van der Waals surface area contributed by atoms with Gasteiger partial charge in [-0.3, -0.25) is 0 Å². The minimum atomic E-state index is 0.461. The molecule has 1 heterocycles. The zero-order valence-electron chi connectivity index (χ0n) is 6.58. The lowest BCUT2D eigenvalue weighted by atomic mass is 10.3. The maximum atomic E-state index is 5.82. The Morgan fingerprint density at radius 3 is 2.92 bits per heavy atom. The van der Waals surface area contributed by atoms with Crippen molar-refractivity contribution in [1.82, 2.24) is 9.55 Å². The molecule has 1 aromatic heterocycles. The number of hydrogen-bond acceptors (Lipinski definition) is 2. The molecule has 0 fully saturated rings. The minimum Gasteiger partial charge on any atom is -0.397 e. The number of nitrogen functional groups attached to an aromatic ring is 1. The molecule has 62 valence electrons. The number of anilines is 1. The largest absolute Gasteiger partial charge is 0.397 e.